The topological polar surface area (TPSA) is 61.4 Å². The Morgan fingerprint density at radius 1 is 1.30 bits per heavy atom. The van der Waals surface area contributed by atoms with Gasteiger partial charge < -0.3 is 15.7 Å². The van der Waals surface area contributed by atoms with Crippen molar-refractivity contribution in [3.63, 3.8) is 0 Å². The fourth-order valence-electron chi connectivity index (χ4n) is 2.43. The molecule has 3 N–H and O–H groups in total. The third-order valence-electron chi connectivity index (χ3n) is 3.56. The Morgan fingerprint density at radius 2 is 2.10 bits per heavy atom. The second-order valence-corrected chi connectivity index (χ2v) is 5.05. The molecule has 0 saturated carbocycles. The van der Waals surface area contributed by atoms with Crippen LogP contribution in [0.3, 0.4) is 0 Å². The molecule has 108 valence electrons. The van der Waals surface area contributed by atoms with Crippen molar-refractivity contribution in [3.05, 3.63) is 47.5 Å². The molecular weight excluding hydrogens is 252 g/mol. The summed E-state index contributed by atoms with van der Waals surface area (Å²) in [6, 6.07) is 8.89. The molecule has 0 fully saturated rings. The van der Waals surface area contributed by atoms with Crippen LogP contribution in [0.15, 0.2) is 42.0 Å². The van der Waals surface area contributed by atoms with Crippen molar-refractivity contribution in [2.75, 3.05) is 13.2 Å². The van der Waals surface area contributed by atoms with Crippen molar-refractivity contribution in [3.8, 4) is 0 Å². The van der Waals surface area contributed by atoms with E-state index in [1.54, 1.807) is 0 Å². The number of allylic oxidation sites excluding steroid dienone is 1. The van der Waals surface area contributed by atoms with Gasteiger partial charge in [0.1, 0.15) is 0 Å². The molecule has 4 heteroatoms. The first kappa shape index (κ1) is 14.6. The van der Waals surface area contributed by atoms with Crippen LogP contribution in [-0.4, -0.2) is 24.3 Å². The van der Waals surface area contributed by atoms with E-state index in [9.17, 15) is 9.90 Å². The smallest absolute Gasteiger partial charge is 0.315 e. The Balaban J connectivity index is 1.74. The molecule has 1 aromatic carbocycles. The molecule has 1 aliphatic rings. The van der Waals surface area contributed by atoms with Gasteiger partial charge in [-0.2, -0.15) is 0 Å². The molecule has 0 saturated heterocycles. The number of amides is 2. The van der Waals surface area contributed by atoms with Crippen molar-refractivity contribution >= 4 is 6.03 Å². The molecule has 20 heavy (non-hydrogen) atoms. The van der Waals surface area contributed by atoms with Gasteiger partial charge in [0.15, 0.2) is 0 Å². The van der Waals surface area contributed by atoms with Crippen LogP contribution >= 0.6 is 0 Å². The summed E-state index contributed by atoms with van der Waals surface area (Å²) in [6.45, 7) is 0.535. The number of benzene rings is 1. The zero-order valence-corrected chi connectivity index (χ0v) is 11.6. The van der Waals surface area contributed by atoms with Crippen molar-refractivity contribution in [2.45, 2.75) is 31.7 Å². The molecule has 2 rings (SSSR count). The molecule has 1 aliphatic carbocycles. The Kier molecular flexibility index (Phi) is 5.62. The molecule has 0 unspecified atom stereocenters. The number of aliphatic hydroxyl groups excluding tert-OH is 1. The minimum Gasteiger partial charge on any atom is -0.394 e. The number of carbonyl (C=O) groups is 1. The molecule has 0 radical (unpaired) electrons. The van der Waals surface area contributed by atoms with E-state index in [0.29, 0.717) is 6.54 Å². The van der Waals surface area contributed by atoms with E-state index < -0.39 is 0 Å². The molecule has 0 bridgehead atoms. The maximum Gasteiger partial charge on any atom is 0.315 e. The van der Waals surface area contributed by atoms with Crippen molar-refractivity contribution in [1.82, 2.24) is 10.6 Å². The van der Waals surface area contributed by atoms with E-state index in [1.807, 2.05) is 30.3 Å². The fraction of sp³-hybridized carbons (Fsp3) is 0.438. The highest BCUT2D eigenvalue weighted by Gasteiger charge is 2.13. The van der Waals surface area contributed by atoms with Gasteiger partial charge in [-0.1, -0.05) is 42.0 Å². The Labute approximate surface area is 119 Å². The third-order valence-corrected chi connectivity index (χ3v) is 3.56. The second-order valence-electron chi connectivity index (χ2n) is 5.05. The number of hydrogen-bond donors (Lipinski definition) is 3. The highest BCUT2D eigenvalue weighted by atomic mass is 16.3. The van der Waals surface area contributed by atoms with Gasteiger partial charge in [0.2, 0.25) is 0 Å². The Morgan fingerprint density at radius 3 is 2.75 bits per heavy atom. The minimum absolute atomic E-state index is 0.109. The number of nitrogens with one attached hydrogen (secondary N) is 2. The van der Waals surface area contributed by atoms with Crippen LogP contribution in [0.1, 0.15) is 37.3 Å². The van der Waals surface area contributed by atoms with E-state index in [4.69, 9.17) is 0 Å². The van der Waals surface area contributed by atoms with E-state index in [1.165, 1.54) is 18.4 Å². The van der Waals surface area contributed by atoms with Crippen LogP contribution in [0.5, 0.6) is 0 Å². The highest BCUT2D eigenvalue weighted by molar-refractivity contribution is 5.74. The van der Waals surface area contributed by atoms with Gasteiger partial charge in [-0.3, -0.25) is 0 Å². The zero-order valence-electron chi connectivity index (χ0n) is 11.6. The summed E-state index contributed by atoms with van der Waals surface area (Å²) in [5, 5.41) is 15.0. The molecule has 0 aliphatic heterocycles. The molecule has 0 heterocycles. The van der Waals surface area contributed by atoms with Gasteiger partial charge >= 0.3 is 6.03 Å². The van der Waals surface area contributed by atoms with Crippen LogP contribution in [0.2, 0.25) is 0 Å². The third kappa shape index (κ3) is 4.38. The Bertz CT molecular complexity index is 457. The van der Waals surface area contributed by atoms with Crippen LogP contribution in [0, 0.1) is 0 Å². The lowest BCUT2D eigenvalue weighted by Gasteiger charge is -2.17. The van der Waals surface area contributed by atoms with E-state index in [0.717, 1.165) is 18.4 Å². The van der Waals surface area contributed by atoms with Gasteiger partial charge in [0.05, 0.1) is 12.6 Å². The molecule has 0 spiro atoms. The first-order valence-corrected chi connectivity index (χ1v) is 7.17. The quantitative estimate of drug-likeness (QED) is 0.698. The minimum atomic E-state index is -0.359. The lowest BCUT2D eigenvalue weighted by atomic mass is 10.1. The average molecular weight is 274 g/mol. The number of aliphatic hydroxyl groups is 1. The predicted molar refractivity (Wildman–Crippen MR) is 79.4 cm³/mol. The van der Waals surface area contributed by atoms with Crippen molar-refractivity contribution in [1.29, 1.82) is 0 Å². The fourth-order valence-corrected chi connectivity index (χ4v) is 2.43. The van der Waals surface area contributed by atoms with Crippen LogP contribution in [0.25, 0.3) is 0 Å². The SMILES string of the molecule is O=C(NCCC1=CCCC1)N[C@H](CO)c1ccccc1. The standard InChI is InChI=1S/C16H22N2O2/c19-12-15(14-8-2-1-3-9-14)18-16(20)17-11-10-13-6-4-5-7-13/h1-3,6,8-9,15,19H,4-5,7,10-12H2,(H2,17,18,20)/t15-/m1/s1. The van der Waals surface area contributed by atoms with Crippen LogP contribution in [-0.2, 0) is 0 Å². The summed E-state index contributed by atoms with van der Waals surface area (Å²) in [4.78, 5) is 11.8. The lowest BCUT2D eigenvalue weighted by Crippen LogP contribution is -2.39. The summed E-state index contributed by atoms with van der Waals surface area (Å²) in [6.07, 6.45) is 6.75. The molecular formula is C16H22N2O2. The molecule has 1 aromatic rings. The highest BCUT2D eigenvalue weighted by Crippen LogP contribution is 2.19. The van der Waals surface area contributed by atoms with Gasteiger partial charge in [0, 0.05) is 6.54 Å². The number of hydrogen-bond acceptors (Lipinski definition) is 2. The first-order chi connectivity index (χ1) is 9.79. The number of urea groups is 1. The van der Waals surface area contributed by atoms with Gasteiger partial charge in [-0.25, -0.2) is 4.79 Å². The number of rotatable bonds is 6. The van der Waals surface area contributed by atoms with Crippen LogP contribution in [0.4, 0.5) is 4.79 Å². The summed E-state index contributed by atoms with van der Waals surface area (Å²) in [7, 11) is 0. The number of carbonyl (C=O) groups excluding carboxylic acids is 1. The van der Waals surface area contributed by atoms with Gasteiger partial charge in [-0.15, -0.1) is 0 Å². The van der Waals surface area contributed by atoms with Crippen molar-refractivity contribution in [2.24, 2.45) is 0 Å². The zero-order chi connectivity index (χ0) is 14.2. The van der Waals surface area contributed by atoms with E-state index in [-0.39, 0.29) is 18.7 Å². The summed E-state index contributed by atoms with van der Waals surface area (Å²) >= 11 is 0. The lowest BCUT2D eigenvalue weighted by molar-refractivity contribution is 0.217. The normalized spacial score (nSPS) is 15.6. The second kappa shape index (κ2) is 7.70. The van der Waals surface area contributed by atoms with Gasteiger partial charge in [-0.05, 0) is 31.2 Å². The van der Waals surface area contributed by atoms with E-state index in [2.05, 4.69) is 16.7 Å². The molecule has 0 aromatic heterocycles. The average Bonchev–Trinajstić information content (AvgIpc) is 2.99. The van der Waals surface area contributed by atoms with Gasteiger partial charge in [0.25, 0.3) is 0 Å². The summed E-state index contributed by atoms with van der Waals surface area (Å²) < 4.78 is 0. The maximum absolute atomic E-state index is 11.8. The molecule has 1 atom stereocenters. The molecule has 2 amide bonds. The monoisotopic (exact) mass is 274 g/mol. The van der Waals surface area contributed by atoms with Crippen molar-refractivity contribution < 1.29 is 9.90 Å². The van der Waals surface area contributed by atoms with E-state index >= 15 is 0 Å². The summed E-state index contributed by atoms with van der Waals surface area (Å²) in [5.41, 5.74) is 2.34. The molecule has 4 nitrogen and oxygen atoms in total. The summed E-state index contributed by atoms with van der Waals surface area (Å²) in [5.74, 6) is 0. The maximum atomic E-state index is 11.8. The largest absolute Gasteiger partial charge is 0.394 e. The Hall–Kier alpha value is -1.81. The van der Waals surface area contributed by atoms with Crippen LogP contribution < -0.4 is 10.6 Å². The first-order valence-electron chi connectivity index (χ1n) is 7.17. The predicted octanol–water partition coefficient (Wildman–Crippen LogP) is 2.52.